The number of carbonyl (C=O) groups excluding carboxylic acids is 1. The van der Waals surface area contributed by atoms with Crippen LogP contribution in [0.1, 0.15) is 10.4 Å². The first-order valence-corrected chi connectivity index (χ1v) is 12.2. The van der Waals surface area contributed by atoms with Gasteiger partial charge in [-0.3, -0.25) is 4.79 Å². The van der Waals surface area contributed by atoms with E-state index in [1.54, 1.807) is 36.4 Å². The predicted molar refractivity (Wildman–Crippen MR) is 123 cm³/mol. The molecule has 3 aromatic rings. The van der Waals surface area contributed by atoms with Crippen LogP contribution in [0.25, 0.3) is 0 Å². The second kappa shape index (κ2) is 10.3. The summed E-state index contributed by atoms with van der Waals surface area (Å²) in [6.45, 7) is -0.375. The lowest BCUT2D eigenvalue weighted by Gasteiger charge is -2.21. The highest BCUT2D eigenvalue weighted by Crippen LogP contribution is 2.21. The van der Waals surface area contributed by atoms with Crippen LogP contribution >= 0.6 is 38.9 Å². The summed E-state index contributed by atoms with van der Waals surface area (Å²) < 4.78 is 28.2. The molecule has 0 bridgehead atoms. The maximum atomic E-state index is 13.2. The molecule has 156 valence electrons. The minimum atomic E-state index is -3.92. The quantitative estimate of drug-likeness (QED) is 0.347. The highest BCUT2D eigenvalue weighted by atomic mass is 79.9. The van der Waals surface area contributed by atoms with Crippen molar-refractivity contribution in [1.82, 2.24) is 9.73 Å². The van der Waals surface area contributed by atoms with E-state index in [4.69, 9.17) is 11.6 Å². The number of halogens is 2. The number of hydrogen-bond acceptors (Lipinski definition) is 5. The van der Waals surface area contributed by atoms with E-state index in [0.717, 1.165) is 13.7 Å². The molecule has 30 heavy (non-hydrogen) atoms. The Hall–Kier alpha value is -2.04. The second-order valence-electron chi connectivity index (χ2n) is 6.16. The van der Waals surface area contributed by atoms with Crippen LogP contribution in [0.15, 0.2) is 80.5 Å². The van der Waals surface area contributed by atoms with Crippen molar-refractivity contribution in [2.75, 3.05) is 6.54 Å². The molecular weight excluding hydrogens is 510 g/mol. The number of rotatable bonds is 8. The lowest BCUT2D eigenvalue weighted by Crippen LogP contribution is -2.39. The van der Waals surface area contributed by atoms with Crippen molar-refractivity contribution in [3.8, 4) is 0 Å². The molecule has 0 aliphatic heterocycles. The molecule has 2 aromatic carbocycles. The summed E-state index contributed by atoms with van der Waals surface area (Å²) in [5.74, 6) is -0.544. The van der Waals surface area contributed by atoms with E-state index < -0.39 is 15.9 Å². The highest BCUT2D eigenvalue weighted by molar-refractivity contribution is 9.10. The molecule has 1 heterocycles. The van der Waals surface area contributed by atoms with E-state index in [-0.39, 0.29) is 18.0 Å². The number of hydrogen-bond donors (Lipinski definition) is 1. The van der Waals surface area contributed by atoms with E-state index in [1.165, 1.54) is 29.7 Å². The van der Waals surface area contributed by atoms with Gasteiger partial charge in [-0.15, -0.1) is 11.3 Å². The fraction of sp³-hybridized carbons (Fsp3) is 0.100. The monoisotopic (exact) mass is 525 g/mol. The van der Waals surface area contributed by atoms with Crippen LogP contribution in [0.4, 0.5) is 0 Å². The summed E-state index contributed by atoms with van der Waals surface area (Å²) in [6.07, 6.45) is 1.51. The van der Waals surface area contributed by atoms with E-state index in [0.29, 0.717) is 10.6 Å². The Morgan fingerprint density at radius 1 is 1.13 bits per heavy atom. The van der Waals surface area contributed by atoms with Crippen molar-refractivity contribution in [3.05, 3.63) is 86.0 Å². The van der Waals surface area contributed by atoms with Gasteiger partial charge in [0.25, 0.3) is 5.91 Å². The molecule has 3 rings (SSSR count). The minimum absolute atomic E-state index is 0.0115. The Morgan fingerprint density at radius 3 is 2.47 bits per heavy atom. The van der Waals surface area contributed by atoms with Gasteiger partial charge in [0.1, 0.15) is 0 Å². The fourth-order valence-electron chi connectivity index (χ4n) is 2.50. The lowest BCUT2D eigenvalue weighted by atomic mass is 10.2. The summed E-state index contributed by atoms with van der Waals surface area (Å²) in [4.78, 5) is 13.4. The molecular formula is C20H17BrClN3O3S2. The molecule has 0 spiro atoms. The lowest BCUT2D eigenvalue weighted by molar-refractivity contribution is -0.121. The second-order valence-corrected chi connectivity index (χ2v) is 10.4. The van der Waals surface area contributed by atoms with Crippen LogP contribution < -0.4 is 5.43 Å². The maximum Gasteiger partial charge on any atom is 0.255 e. The van der Waals surface area contributed by atoms with E-state index in [1.807, 2.05) is 17.5 Å². The Labute approximate surface area is 192 Å². The SMILES string of the molecule is O=C(CN(Cc1ccc(Cl)cc1)S(=O)(=O)c1ccc(Br)cc1)N/N=C\c1cccs1. The van der Waals surface area contributed by atoms with Crippen molar-refractivity contribution in [2.24, 2.45) is 5.10 Å². The molecule has 0 atom stereocenters. The van der Waals surface area contributed by atoms with E-state index in [2.05, 4.69) is 26.5 Å². The third-order valence-electron chi connectivity index (χ3n) is 3.97. The zero-order valence-corrected chi connectivity index (χ0v) is 19.5. The number of sulfonamides is 1. The summed E-state index contributed by atoms with van der Waals surface area (Å²) in [5, 5.41) is 6.33. The number of carbonyl (C=O) groups is 1. The van der Waals surface area contributed by atoms with Gasteiger partial charge >= 0.3 is 0 Å². The third kappa shape index (κ3) is 6.23. The molecule has 1 N–H and O–H groups in total. The molecule has 0 saturated carbocycles. The average molecular weight is 527 g/mol. The van der Waals surface area contributed by atoms with Gasteiger partial charge in [-0.05, 0) is 53.4 Å². The highest BCUT2D eigenvalue weighted by Gasteiger charge is 2.27. The zero-order chi connectivity index (χ0) is 21.6. The van der Waals surface area contributed by atoms with Gasteiger partial charge < -0.3 is 0 Å². The summed E-state index contributed by atoms with van der Waals surface area (Å²) >= 11 is 10.7. The Kier molecular flexibility index (Phi) is 7.79. The molecule has 1 amide bonds. The number of amides is 1. The number of thiophene rings is 1. The molecule has 0 radical (unpaired) electrons. The summed E-state index contributed by atoms with van der Waals surface area (Å²) in [5.41, 5.74) is 3.09. The van der Waals surface area contributed by atoms with Gasteiger partial charge in [0.2, 0.25) is 10.0 Å². The van der Waals surface area contributed by atoms with Gasteiger partial charge in [-0.2, -0.15) is 9.41 Å². The van der Waals surface area contributed by atoms with Crippen molar-refractivity contribution >= 4 is 61.0 Å². The van der Waals surface area contributed by atoms with Gasteiger partial charge in [0.15, 0.2) is 0 Å². The minimum Gasteiger partial charge on any atom is -0.272 e. The van der Waals surface area contributed by atoms with Gasteiger partial charge in [-0.1, -0.05) is 45.7 Å². The van der Waals surface area contributed by atoms with Crippen molar-refractivity contribution in [3.63, 3.8) is 0 Å². The van der Waals surface area contributed by atoms with E-state index >= 15 is 0 Å². The molecule has 0 unspecified atom stereocenters. The predicted octanol–water partition coefficient (Wildman–Crippen LogP) is 4.51. The van der Waals surface area contributed by atoms with Crippen molar-refractivity contribution in [1.29, 1.82) is 0 Å². The van der Waals surface area contributed by atoms with E-state index in [9.17, 15) is 13.2 Å². The maximum absolute atomic E-state index is 13.2. The van der Waals surface area contributed by atoms with Crippen LogP contribution in [-0.4, -0.2) is 31.4 Å². The number of nitrogens with zero attached hydrogens (tertiary/aromatic N) is 2. The van der Waals surface area contributed by atoms with Crippen LogP contribution in [0.5, 0.6) is 0 Å². The first-order chi connectivity index (χ1) is 14.3. The Bertz CT molecular complexity index is 1120. The topological polar surface area (TPSA) is 78.8 Å². The van der Waals surface area contributed by atoms with Crippen LogP contribution in [-0.2, 0) is 21.4 Å². The molecule has 0 aliphatic rings. The van der Waals surface area contributed by atoms with Crippen LogP contribution in [0.2, 0.25) is 5.02 Å². The molecule has 1 aromatic heterocycles. The normalized spacial score (nSPS) is 11.8. The zero-order valence-electron chi connectivity index (χ0n) is 15.5. The van der Waals surface area contributed by atoms with Crippen LogP contribution in [0, 0.1) is 0 Å². The van der Waals surface area contributed by atoms with Crippen LogP contribution in [0.3, 0.4) is 0 Å². The molecule has 10 heteroatoms. The van der Waals surface area contributed by atoms with Crippen molar-refractivity contribution < 1.29 is 13.2 Å². The molecule has 0 saturated heterocycles. The number of hydrazone groups is 1. The fourth-order valence-corrected chi connectivity index (χ4v) is 4.86. The Morgan fingerprint density at radius 2 is 1.83 bits per heavy atom. The standard InChI is InChI=1S/C20H17BrClN3O3S2/c21-16-5-9-19(10-6-16)30(27,28)25(13-15-3-7-17(22)8-4-15)14-20(26)24-23-12-18-2-1-11-29-18/h1-12H,13-14H2,(H,24,26)/b23-12-. The number of nitrogens with one attached hydrogen (secondary N) is 1. The first-order valence-electron chi connectivity index (χ1n) is 8.70. The average Bonchev–Trinajstić information content (AvgIpc) is 3.23. The molecule has 0 fully saturated rings. The van der Waals surface area contributed by atoms with Crippen molar-refractivity contribution in [2.45, 2.75) is 11.4 Å². The molecule has 6 nitrogen and oxygen atoms in total. The third-order valence-corrected chi connectivity index (χ3v) is 7.36. The van der Waals surface area contributed by atoms with Gasteiger partial charge in [-0.25, -0.2) is 13.8 Å². The first kappa shape index (κ1) is 22.6. The number of benzene rings is 2. The smallest absolute Gasteiger partial charge is 0.255 e. The summed E-state index contributed by atoms with van der Waals surface area (Å²) in [6, 6.07) is 16.8. The van der Waals surface area contributed by atoms with Gasteiger partial charge in [0, 0.05) is 20.9 Å². The summed E-state index contributed by atoms with van der Waals surface area (Å²) in [7, 11) is -3.92. The largest absolute Gasteiger partial charge is 0.272 e. The molecule has 0 aliphatic carbocycles. The van der Waals surface area contributed by atoms with Gasteiger partial charge in [0.05, 0.1) is 17.7 Å². The Balaban J connectivity index is 1.80.